The van der Waals surface area contributed by atoms with E-state index >= 15 is 0 Å². The molecule has 110 valence electrons. The highest BCUT2D eigenvalue weighted by molar-refractivity contribution is 5.91. The highest BCUT2D eigenvalue weighted by atomic mass is 16.2. The van der Waals surface area contributed by atoms with Crippen molar-refractivity contribution in [3.05, 3.63) is 29.8 Å². The number of rotatable bonds is 5. The predicted molar refractivity (Wildman–Crippen MR) is 79.4 cm³/mol. The molecule has 1 N–H and O–H groups in total. The first-order valence-electron chi connectivity index (χ1n) is 7.20. The van der Waals surface area contributed by atoms with Crippen LogP contribution in [0.25, 0.3) is 0 Å². The second-order valence-corrected chi connectivity index (χ2v) is 5.31. The number of benzene rings is 1. The number of hydrogen-bond acceptors (Lipinski definition) is 3. The van der Waals surface area contributed by atoms with Crippen LogP contribution in [-0.2, 0) is 9.59 Å². The van der Waals surface area contributed by atoms with Crippen LogP contribution in [0.3, 0.4) is 0 Å². The topological polar surface area (TPSA) is 73.2 Å². The van der Waals surface area contributed by atoms with Gasteiger partial charge in [0, 0.05) is 31.6 Å². The summed E-state index contributed by atoms with van der Waals surface area (Å²) in [7, 11) is 0. The van der Waals surface area contributed by atoms with Gasteiger partial charge in [0.15, 0.2) is 0 Å². The van der Waals surface area contributed by atoms with Gasteiger partial charge in [-0.15, -0.1) is 0 Å². The molecule has 0 aliphatic carbocycles. The summed E-state index contributed by atoms with van der Waals surface area (Å²) in [5, 5.41) is 11.6. The zero-order valence-corrected chi connectivity index (χ0v) is 12.1. The number of nitrogens with zero attached hydrogens (tertiary/aromatic N) is 2. The number of amides is 2. The summed E-state index contributed by atoms with van der Waals surface area (Å²) in [6, 6.07) is 8.81. The van der Waals surface area contributed by atoms with Crippen molar-refractivity contribution in [3.8, 4) is 6.07 Å². The van der Waals surface area contributed by atoms with Gasteiger partial charge in [0.25, 0.3) is 0 Å². The van der Waals surface area contributed by atoms with Crippen molar-refractivity contribution < 1.29 is 9.59 Å². The normalized spacial score (nSPS) is 17.6. The van der Waals surface area contributed by atoms with E-state index in [1.807, 2.05) is 6.07 Å². The highest BCUT2D eigenvalue weighted by Gasteiger charge is 2.28. The van der Waals surface area contributed by atoms with Crippen molar-refractivity contribution in [2.24, 2.45) is 5.92 Å². The summed E-state index contributed by atoms with van der Waals surface area (Å²) < 4.78 is 0. The van der Waals surface area contributed by atoms with Crippen molar-refractivity contribution >= 4 is 17.5 Å². The van der Waals surface area contributed by atoms with E-state index in [0.29, 0.717) is 30.1 Å². The molecular weight excluding hydrogens is 266 g/mol. The summed E-state index contributed by atoms with van der Waals surface area (Å²) in [5.41, 5.74) is 1.12. The van der Waals surface area contributed by atoms with Crippen molar-refractivity contribution in [1.82, 2.24) is 4.90 Å². The lowest BCUT2D eigenvalue weighted by Crippen LogP contribution is -2.29. The molecule has 1 saturated heterocycles. The van der Waals surface area contributed by atoms with Crippen LogP contribution in [0.15, 0.2) is 24.3 Å². The van der Waals surface area contributed by atoms with Gasteiger partial charge in [-0.3, -0.25) is 9.59 Å². The Balaban J connectivity index is 1.82. The SMILES string of the molecule is CCC1CC(=O)N(CCC(=O)Nc2cccc(C#N)c2)C1. The van der Waals surface area contributed by atoms with Gasteiger partial charge in [-0.25, -0.2) is 0 Å². The maximum Gasteiger partial charge on any atom is 0.226 e. The van der Waals surface area contributed by atoms with Gasteiger partial charge < -0.3 is 10.2 Å². The monoisotopic (exact) mass is 285 g/mol. The van der Waals surface area contributed by atoms with Crippen LogP contribution in [0.5, 0.6) is 0 Å². The number of nitriles is 1. The molecule has 0 saturated carbocycles. The van der Waals surface area contributed by atoms with E-state index in [2.05, 4.69) is 12.2 Å². The van der Waals surface area contributed by atoms with Crippen molar-refractivity contribution in [2.45, 2.75) is 26.2 Å². The fraction of sp³-hybridized carbons (Fsp3) is 0.438. The van der Waals surface area contributed by atoms with Crippen LogP contribution >= 0.6 is 0 Å². The van der Waals surface area contributed by atoms with E-state index in [1.165, 1.54) is 0 Å². The summed E-state index contributed by atoms with van der Waals surface area (Å²) >= 11 is 0. The average molecular weight is 285 g/mol. The van der Waals surface area contributed by atoms with E-state index < -0.39 is 0 Å². The molecule has 0 spiro atoms. The van der Waals surface area contributed by atoms with Crippen LogP contribution in [0.4, 0.5) is 5.69 Å². The molecule has 1 atom stereocenters. The summed E-state index contributed by atoms with van der Waals surface area (Å²) in [6.45, 7) is 3.29. The Morgan fingerprint density at radius 2 is 2.33 bits per heavy atom. The Morgan fingerprint density at radius 1 is 1.52 bits per heavy atom. The fourth-order valence-corrected chi connectivity index (χ4v) is 2.47. The minimum atomic E-state index is -0.141. The third kappa shape index (κ3) is 4.06. The minimum absolute atomic E-state index is 0.140. The van der Waals surface area contributed by atoms with E-state index in [4.69, 9.17) is 5.26 Å². The number of hydrogen-bond donors (Lipinski definition) is 1. The molecule has 0 radical (unpaired) electrons. The molecule has 1 aromatic carbocycles. The molecule has 0 bridgehead atoms. The molecule has 2 amide bonds. The number of nitrogens with one attached hydrogen (secondary N) is 1. The first kappa shape index (κ1) is 15.0. The Hall–Kier alpha value is -2.35. The van der Waals surface area contributed by atoms with Crippen LogP contribution in [-0.4, -0.2) is 29.8 Å². The molecule has 0 aromatic heterocycles. The lowest BCUT2D eigenvalue weighted by molar-refractivity contribution is -0.128. The maximum atomic E-state index is 11.9. The molecule has 21 heavy (non-hydrogen) atoms. The molecule has 1 unspecified atom stereocenters. The quantitative estimate of drug-likeness (QED) is 0.900. The third-order valence-corrected chi connectivity index (χ3v) is 3.76. The van der Waals surface area contributed by atoms with E-state index in [0.717, 1.165) is 13.0 Å². The Labute approximate surface area is 124 Å². The second-order valence-electron chi connectivity index (χ2n) is 5.31. The van der Waals surface area contributed by atoms with Crippen LogP contribution in [0.2, 0.25) is 0 Å². The van der Waals surface area contributed by atoms with Crippen LogP contribution < -0.4 is 5.32 Å². The number of likely N-dealkylation sites (tertiary alicyclic amines) is 1. The summed E-state index contributed by atoms with van der Waals surface area (Å²) in [5.74, 6) is 0.423. The van der Waals surface area contributed by atoms with E-state index in [1.54, 1.807) is 29.2 Å². The van der Waals surface area contributed by atoms with Crippen molar-refractivity contribution in [2.75, 3.05) is 18.4 Å². The molecule has 1 fully saturated rings. The second kappa shape index (κ2) is 6.89. The number of anilines is 1. The smallest absolute Gasteiger partial charge is 0.226 e. The van der Waals surface area contributed by atoms with Gasteiger partial charge in [-0.05, 0) is 24.1 Å². The van der Waals surface area contributed by atoms with Gasteiger partial charge in [0.05, 0.1) is 11.6 Å². The molecule has 1 aromatic rings. The number of carbonyl (C=O) groups excluding carboxylic acids is 2. The predicted octanol–water partition coefficient (Wildman–Crippen LogP) is 2.15. The zero-order valence-electron chi connectivity index (χ0n) is 12.1. The third-order valence-electron chi connectivity index (χ3n) is 3.76. The largest absolute Gasteiger partial charge is 0.342 e. The molecule has 1 heterocycles. The maximum absolute atomic E-state index is 11.9. The van der Waals surface area contributed by atoms with Gasteiger partial charge >= 0.3 is 0 Å². The fourth-order valence-electron chi connectivity index (χ4n) is 2.47. The first-order chi connectivity index (χ1) is 10.1. The minimum Gasteiger partial charge on any atom is -0.342 e. The van der Waals surface area contributed by atoms with E-state index in [9.17, 15) is 9.59 Å². The van der Waals surface area contributed by atoms with Crippen LogP contribution in [0.1, 0.15) is 31.7 Å². The summed E-state index contributed by atoms with van der Waals surface area (Å²) in [6.07, 6.45) is 1.87. The average Bonchev–Trinajstić information content (AvgIpc) is 2.86. The molecule has 1 aliphatic rings. The van der Waals surface area contributed by atoms with Crippen LogP contribution in [0, 0.1) is 17.2 Å². The Bertz CT molecular complexity index is 577. The molecule has 2 rings (SSSR count). The summed E-state index contributed by atoms with van der Waals surface area (Å²) in [4.78, 5) is 25.4. The van der Waals surface area contributed by atoms with Crippen molar-refractivity contribution in [3.63, 3.8) is 0 Å². The Morgan fingerprint density at radius 3 is 3.00 bits per heavy atom. The zero-order chi connectivity index (χ0) is 15.2. The molecular formula is C16H19N3O2. The van der Waals surface area contributed by atoms with Gasteiger partial charge in [0.2, 0.25) is 11.8 Å². The molecule has 5 heteroatoms. The standard InChI is InChI=1S/C16H19N3O2/c1-2-12-9-16(21)19(11-12)7-6-15(20)18-14-5-3-4-13(8-14)10-17/h3-5,8,12H,2,6-7,9,11H2,1H3,(H,18,20). The van der Waals surface area contributed by atoms with Gasteiger partial charge in [-0.1, -0.05) is 19.4 Å². The molecule has 5 nitrogen and oxygen atoms in total. The van der Waals surface area contributed by atoms with Gasteiger partial charge in [-0.2, -0.15) is 5.26 Å². The van der Waals surface area contributed by atoms with E-state index in [-0.39, 0.29) is 18.2 Å². The first-order valence-corrected chi connectivity index (χ1v) is 7.20. The highest BCUT2D eigenvalue weighted by Crippen LogP contribution is 2.20. The lowest BCUT2D eigenvalue weighted by atomic mass is 10.1. The lowest BCUT2D eigenvalue weighted by Gasteiger charge is -2.16. The van der Waals surface area contributed by atoms with Crippen molar-refractivity contribution in [1.29, 1.82) is 5.26 Å². The van der Waals surface area contributed by atoms with Gasteiger partial charge in [0.1, 0.15) is 0 Å². The molecule has 1 aliphatic heterocycles. The number of carbonyl (C=O) groups is 2. The Kier molecular flexibility index (Phi) is 4.94.